The summed E-state index contributed by atoms with van der Waals surface area (Å²) in [6, 6.07) is 0. The molecule has 4 aliphatic rings. The molecule has 7 N–H and O–H groups in total. The monoisotopic (exact) mass is 710 g/mol. The fourth-order valence-corrected chi connectivity index (χ4v) is 7.86. The van der Waals surface area contributed by atoms with Crippen molar-refractivity contribution < 1.29 is 73.6 Å². The minimum absolute atomic E-state index is 0.00553. The van der Waals surface area contributed by atoms with Crippen LogP contribution in [0.15, 0.2) is 0 Å². The van der Waals surface area contributed by atoms with E-state index in [2.05, 4.69) is 27.7 Å². The Morgan fingerprint density at radius 2 is 0.898 bits per heavy atom. The molecular weight excluding hydrogens is 648 g/mol. The van der Waals surface area contributed by atoms with E-state index in [1.807, 2.05) is 13.8 Å². The van der Waals surface area contributed by atoms with Crippen molar-refractivity contribution in [2.75, 3.05) is 53.4 Å². The average molecular weight is 711 g/mol. The number of ether oxygens (including phenoxy) is 8. The molecule has 288 valence electrons. The van der Waals surface area contributed by atoms with Gasteiger partial charge in [0.2, 0.25) is 0 Å². The van der Waals surface area contributed by atoms with E-state index in [-0.39, 0.29) is 73.1 Å². The quantitative estimate of drug-likeness (QED) is 0.114. The Hall–Kier alpha value is -0.600. The number of aliphatic hydroxyl groups is 7. The van der Waals surface area contributed by atoms with E-state index in [9.17, 15) is 35.7 Å². The van der Waals surface area contributed by atoms with E-state index in [4.69, 9.17) is 37.9 Å². The number of hydrogen-bond donors (Lipinski definition) is 7. The fraction of sp³-hybridized carbons (Fsp3) is 1.00. The van der Waals surface area contributed by atoms with Crippen LogP contribution >= 0.6 is 0 Å². The van der Waals surface area contributed by atoms with Crippen LogP contribution in [-0.2, 0) is 37.9 Å². The third-order valence-electron chi connectivity index (χ3n) is 11.9. The Balaban J connectivity index is 1.19. The largest absolute Gasteiger partial charge is 0.394 e. The van der Waals surface area contributed by atoms with Crippen molar-refractivity contribution in [1.82, 2.24) is 0 Å². The molecule has 4 heterocycles. The predicted octanol–water partition coefficient (Wildman–Crippen LogP) is -1.11. The number of hydrogen-bond acceptors (Lipinski definition) is 15. The van der Waals surface area contributed by atoms with Crippen LogP contribution in [0.25, 0.3) is 0 Å². The molecule has 49 heavy (non-hydrogen) atoms. The molecule has 15 nitrogen and oxygen atoms in total. The van der Waals surface area contributed by atoms with Crippen LogP contribution in [-0.4, -0.2) is 169 Å². The molecule has 15 heteroatoms. The van der Waals surface area contributed by atoms with Crippen LogP contribution in [0, 0.1) is 41.4 Å². The zero-order chi connectivity index (χ0) is 36.2. The van der Waals surface area contributed by atoms with E-state index in [1.165, 1.54) is 7.11 Å². The molecule has 4 saturated heterocycles. The van der Waals surface area contributed by atoms with E-state index < -0.39 is 67.8 Å². The summed E-state index contributed by atoms with van der Waals surface area (Å²) in [6.07, 6.45) is -11.6. The average Bonchev–Trinajstić information content (AvgIpc) is 3.08. The minimum Gasteiger partial charge on any atom is -0.394 e. The van der Waals surface area contributed by atoms with Gasteiger partial charge in [-0.05, 0) is 37.5 Å². The molecule has 0 saturated carbocycles. The maximum atomic E-state index is 10.4. The van der Waals surface area contributed by atoms with Gasteiger partial charge in [-0.15, -0.1) is 0 Å². The van der Waals surface area contributed by atoms with Crippen LogP contribution < -0.4 is 0 Å². The Morgan fingerprint density at radius 1 is 0.449 bits per heavy atom. The van der Waals surface area contributed by atoms with Gasteiger partial charge in [0.15, 0.2) is 12.6 Å². The molecule has 0 aromatic rings. The molecule has 4 rings (SSSR count). The highest BCUT2D eigenvalue weighted by atomic mass is 16.7. The molecular formula is C34H62O15. The molecule has 0 spiro atoms. The lowest BCUT2D eigenvalue weighted by Crippen LogP contribution is -2.59. The van der Waals surface area contributed by atoms with Crippen LogP contribution in [0.5, 0.6) is 0 Å². The summed E-state index contributed by atoms with van der Waals surface area (Å²) < 4.78 is 47.0. The molecule has 4 aliphatic heterocycles. The van der Waals surface area contributed by atoms with Gasteiger partial charge in [0.25, 0.3) is 0 Å². The van der Waals surface area contributed by atoms with Crippen molar-refractivity contribution >= 4 is 0 Å². The second-order valence-corrected chi connectivity index (χ2v) is 14.8. The summed E-state index contributed by atoms with van der Waals surface area (Å²) in [5, 5.41) is 70.0. The van der Waals surface area contributed by atoms with Crippen molar-refractivity contribution in [2.45, 2.75) is 121 Å². The van der Waals surface area contributed by atoms with E-state index in [0.29, 0.717) is 26.4 Å². The van der Waals surface area contributed by atoms with E-state index in [1.54, 1.807) is 0 Å². The van der Waals surface area contributed by atoms with Crippen LogP contribution in [0.4, 0.5) is 0 Å². The zero-order valence-corrected chi connectivity index (χ0v) is 29.9. The molecule has 20 unspecified atom stereocenters. The maximum Gasteiger partial charge on any atom is 0.186 e. The van der Waals surface area contributed by atoms with Crippen molar-refractivity contribution in [1.29, 1.82) is 0 Å². The first-order chi connectivity index (χ1) is 23.2. The Bertz CT molecular complexity index is 974. The summed E-state index contributed by atoms with van der Waals surface area (Å²) in [5.41, 5.74) is 0. The molecule has 0 aliphatic carbocycles. The van der Waals surface area contributed by atoms with Crippen molar-refractivity contribution in [2.24, 2.45) is 41.4 Å². The lowest BCUT2D eigenvalue weighted by Gasteiger charge is -2.45. The fourth-order valence-electron chi connectivity index (χ4n) is 7.86. The van der Waals surface area contributed by atoms with Gasteiger partial charge >= 0.3 is 0 Å². The molecule has 0 radical (unpaired) electrons. The van der Waals surface area contributed by atoms with Gasteiger partial charge in [-0.3, -0.25) is 0 Å². The van der Waals surface area contributed by atoms with Gasteiger partial charge < -0.3 is 73.6 Å². The summed E-state index contributed by atoms with van der Waals surface area (Å²) >= 11 is 0. The van der Waals surface area contributed by atoms with Gasteiger partial charge in [0.1, 0.15) is 36.6 Å². The third-order valence-corrected chi connectivity index (χ3v) is 11.9. The van der Waals surface area contributed by atoms with Gasteiger partial charge in [0, 0.05) is 18.9 Å². The summed E-state index contributed by atoms with van der Waals surface area (Å²) in [6.45, 7) is 13.9. The summed E-state index contributed by atoms with van der Waals surface area (Å²) in [4.78, 5) is 0. The van der Waals surface area contributed by atoms with Gasteiger partial charge in [-0.2, -0.15) is 0 Å². The highest BCUT2D eigenvalue weighted by Crippen LogP contribution is 2.38. The SMILES string of the molecule is COC1OC(O)C(O)C(O)C1COCC1OC(C)C(COCC2OC(C)C(COCC3OC(CO)C(O)C(O)C3O)C(C)C2C)C(C)C1C. The normalized spacial score (nSPS) is 49.6. The van der Waals surface area contributed by atoms with Crippen molar-refractivity contribution in [3.8, 4) is 0 Å². The second-order valence-electron chi connectivity index (χ2n) is 14.8. The first-order valence-corrected chi connectivity index (χ1v) is 17.8. The standard InChI is InChI=1S/C34H62O15/c1-15-18(4)26(13-45-11-23-28(36)32(40)33(41)49-34(23)42-7)47-19(5)21(15)9-43-12-25-17(3)16(2)22(20(6)46-25)10-44-14-27-30(38)31(39)29(37)24(8-35)48-27/h15-41H,8-14H2,1-7H3. The summed E-state index contributed by atoms with van der Waals surface area (Å²) in [7, 11) is 1.40. The Kier molecular flexibility index (Phi) is 15.5. The zero-order valence-electron chi connectivity index (χ0n) is 29.9. The topological polar surface area (TPSA) is 215 Å². The number of methoxy groups -OCH3 is 1. The van der Waals surface area contributed by atoms with E-state index >= 15 is 0 Å². The molecule has 0 amide bonds. The number of aliphatic hydroxyl groups excluding tert-OH is 7. The smallest absolute Gasteiger partial charge is 0.186 e. The highest BCUT2D eigenvalue weighted by molar-refractivity contribution is 4.93. The van der Waals surface area contributed by atoms with Crippen LogP contribution in [0.1, 0.15) is 41.5 Å². The first kappa shape index (κ1) is 41.2. The molecule has 20 atom stereocenters. The van der Waals surface area contributed by atoms with E-state index in [0.717, 1.165) is 0 Å². The highest BCUT2D eigenvalue weighted by Gasteiger charge is 2.46. The van der Waals surface area contributed by atoms with Gasteiger partial charge in [0.05, 0.1) is 82.7 Å². The Labute approximate surface area is 289 Å². The van der Waals surface area contributed by atoms with Crippen LogP contribution in [0.3, 0.4) is 0 Å². The third kappa shape index (κ3) is 9.50. The Morgan fingerprint density at radius 3 is 1.37 bits per heavy atom. The summed E-state index contributed by atoms with van der Waals surface area (Å²) in [5.74, 6) is 0.435. The lowest BCUT2D eigenvalue weighted by molar-refractivity contribution is -0.328. The van der Waals surface area contributed by atoms with Crippen molar-refractivity contribution in [3.63, 3.8) is 0 Å². The molecule has 0 bridgehead atoms. The minimum atomic E-state index is -1.53. The predicted molar refractivity (Wildman–Crippen MR) is 172 cm³/mol. The molecule has 4 fully saturated rings. The molecule has 0 aromatic carbocycles. The van der Waals surface area contributed by atoms with Crippen molar-refractivity contribution in [3.05, 3.63) is 0 Å². The molecule has 0 aromatic heterocycles. The second kappa shape index (κ2) is 18.4. The number of rotatable bonds is 14. The lowest BCUT2D eigenvalue weighted by atomic mass is 9.76. The maximum absolute atomic E-state index is 10.4. The van der Waals surface area contributed by atoms with Gasteiger partial charge in [-0.1, -0.05) is 27.7 Å². The van der Waals surface area contributed by atoms with Crippen LogP contribution in [0.2, 0.25) is 0 Å². The van der Waals surface area contributed by atoms with Gasteiger partial charge in [-0.25, -0.2) is 0 Å². The first-order valence-electron chi connectivity index (χ1n) is 17.8.